The van der Waals surface area contributed by atoms with Crippen molar-refractivity contribution in [1.82, 2.24) is 25.0 Å². The van der Waals surface area contributed by atoms with Crippen molar-refractivity contribution < 1.29 is 19.5 Å². The van der Waals surface area contributed by atoms with Crippen LogP contribution in [0.1, 0.15) is 52.0 Å². The number of fused-ring (bicyclic) bond motifs is 1. The number of nitrogens with one attached hydrogen (secondary N) is 1. The van der Waals surface area contributed by atoms with Gasteiger partial charge in [-0.1, -0.05) is 25.0 Å². The molecule has 188 valence electrons. The zero-order valence-electron chi connectivity index (χ0n) is 20.4. The Morgan fingerprint density at radius 1 is 1.17 bits per heavy atom. The lowest BCUT2D eigenvalue weighted by atomic mass is 10.1. The smallest absolute Gasteiger partial charge is 0.243 e. The number of amides is 1. The Morgan fingerprint density at radius 2 is 1.97 bits per heavy atom. The van der Waals surface area contributed by atoms with Gasteiger partial charge in [-0.3, -0.25) is 10.0 Å². The number of aromatic nitrogens is 4. The fraction of sp³-hybridized carbons (Fsp3) is 0.520. The minimum Gasteiger partial charge on any atom is -0.494 e. The second kappa shape index (κ2) is 11.9. The number of ether oxygens (including phenoxy) is 2. The summed E-state index contributed by atoms with van der Waals surface area (Å²) in [4.78, 5) is 27.7. The third-order valence-electron chi connectivity index (χ3n) is 6.06. The molecule has 2 N–H and O–H groups in total. The maximum Gasteiger partial charge on any atom is 0.243 e. The van der Waals surface area contributed by atoms with Crippen LogP contribution in [-0.4, -0.2) is 63.5 Å². The number of unbranched alkanes of at least 4 members (excludes halogenated alkanes) is 3. The molecular formula is C25H34N6O4. The van der Waals surface area contributed by atoms with Crippen molar-refractivity contribution in [3.05, 3.63) is 30.6 Å². The van der Waals surface area contributed by atoms with Gasteiger partial charge in [0.15, 0.2) is 5.65 Å². The number of anilines is 1. The number of hydroxylamine groups is 1. The quantitative estimate of drug-likeness (QED) is 0.241. The lowest BCUT2D eigenvalue weighted by Gasteiger charge is -2.27. The van der Waals surface area contributed by atoms with Crippen molar-refractivity contribution in [1.29, 1.82) is 0 Å². The molecule has 1 aromatic carbocycles. The second-order valence-electron chi connectivity index (χ2n) is 8.96. The van der Waals surface area contributed by atoms with Crippen LogP contribution in [-0.2, 0) is 9.53 Å². The highest BCUT2D eigenvalue weighted by molar-refractivity contribution is 5.88. The first-order chi connectivity index (χ1) is 17.1. The number of nitrogens with zero attached hydrogens (tertiary/aromatic N) is 5. The first kappa shape index (κ1) is 24.9. The molecule has 10 nitrogen and oxygen atoms in total. The van der Waals surface area contributed by atoms with Crippen molar-refractivity contribution in [2.24, 2.45) is 0 Å². The summed E-state index contributed by atoms with van der Waals surface area (Å²) < 4.78 is 13.6. The normalized spacial score (nSPS) is 14.0. The van der Waals surface area contributed by atoms with Crippen LogP contribution in [0.25, 0.3) is 22.4 Å². The molecule has 35 heavy (non-hydrogen) atoms. The minimum atomic E-state index is -0.341. The highest BCUT2D eigenvalue weighted by atomic mass is 16.5. The van der Waals surface area contributed by atoms with Crippen LogP contribution in [0.2, 0.25) is 0 Å². The van der Waals surface area contributed by atoms with Crippen LogP contribution in [0.5, 0.6) is 5.75 Å². The van der Waals surface area contributed by atoms with Gasteiger partial charge in [-0.15, -0.1) is 0 Å². The summed E-state index contributed by atoms with van der Waals surface area (Å²) in [5.74, 6) is 1.14. The standard InChI is InChI=1S/C25H34N6O4/c1-18(2)31-17-26-23-22(27-25(28-24(23)31)30-11-14-34-15-12-30)19-8-7-9-20(16-19)35-13-6-4-3-5-10-21(32)29-33/h7-9,16-18,33H,3-6,10-15H2,1-2H3,(H,29,32). The van der Waals surface area contributed by atoms with Gasteiger partial charge in [0, 0.05) is 31.1 Å². The largest absolute Gasteiger partial charge is 0.494 e. The van der Waals surface area contributed by atoms with Crippen molar-refractivity contribution in [2.45, 2.75) is 52.0 Å². The molecule has 2 aromatic heterocycles. The monoisotopic (exact) mass is 482 g/mol. The zero-order valence-corrected chi connectivity index (χ0v) is 20.4. The van der Waals surface area contributed by atoms with E-state index in [4.69, 9.17) is 24.6 Å². The molecule has 1 aliphatic rings. The predicted octanol–water partition coefficient (Wildman–Crippen LogP) is 3.75. The molecule has 0 radical (unpaired) electrons. The molecule has 3 aromatic rings. The zero-order chi connectivity index (χ0) is 24.6. The molecule has 4 rings (SSSR count). The van der Waals surface area contributed by atoms with Gasteiger partial charge in [0.25, 0.3) is 0 Å². The van der Waals surface area contributed by atoms with E-state index in [0.29, 0.717) is 32.2 Å². The van der Waals surface area contributed by atoms with Crippen LogP contribution in [0, 0.1) is 0 Å². The minimum absolute atomic E-state index is 0.230. The van der Waals surface area contributed by atoms with Crippen molar-refractivity contribution >= 4 is 23.0 Å². The lowest BCUT2D eigenvalue weighted by molar-refractivity contribution is -0.129. The van der Waals surface area contributed by atoms with Crippen molar-refractivity contribution in [3.8, 4) is 17.0 Å². The Balaban J connectivity index is 1.49. The van der Waals surface area contributed by atoms with Crippen LogP contribution in [0.15, 0.2) is 30.6 Å². The van der Waals surface area contributed by atoms with Gasteiger partial charge in [0.05, 0.1) is 26.1 Å². The molecular weight excluding hydrogens is 448 g/mol. The van der Waals surface area contributed by atoms with Gasteiger partial charge in [0.2, 0.25) is 11.9 Å². The van der Waals surface area contributed by atoms with Crippen LogP contribution < -0.4 is 15.1 Å². The molecule has 0 bridgehead atoms. The Kier molecular flexibility index (Phi) is 8.49. The van der Waals surface area contributed by atoms with E-state index in [1.807, 2.05) is 30.6 Å². The fourth-order valence-corrected chi connectivity index (χ4v) is 4.11. The fourth-order valence-electron chi connectivity index (χ4n) is 4.11. The summed E-state index contributed by atoms with van der Waals surface area (Å²) in [7, 11) is 0. The first-order valence-electron chi connectivity index (χ1n) is 12.3. The molecule has 10 heteroatoms. The number of morpholine rings is 1. The molecule has 1 amide bonds. The van der Waals surface area contributed by atoms with Crippen LogP contribution in [0.4, 0.5) is 5.95 Å². The lowest BCUT2D eigenvalue weighted by Crippen LogP contribution is -2.37. The summed E-state index contributed by atoms with van der Waals surface area (Å²) in [5.41, 5.74) is 5.00. The third kappa shape index (κ3) is 6.26. The van der Waals surface area contributed by atoms with E-state index in [-0.39, 0.29) is 11.9 Å². The molecule has 3 heterocycles. The van der Waals surface area contributed by atoms with Crippen LogP contribution in [0.3, 0.4) is 0 Å². The Labute approximate surface area is 205 Å². The summed E-state index contributed by atoms with van der Waals surface area (Å²) in [6.07, 6.45) is 5.69. The topological polar surface area (TPSA) is 115 Å². The SMILES string of the molecule is CC(C)n1cnc2c(-c3cccc(OCCCCCCC(=O)NO)c3)nc(N3CCOCC3)nc21. The maximum atomic E-state index is 11.1. The number of imidazole rings is 1. The highest BCUT2D eigenvalue weighted by Gasteiger charge is 2.21. The van der Waals surface area contributed by atoms with Gasteiger partial charge in [0.1, 0.15) is 17.0 Å². The Hall–Kier alpha value is -3.24. The van der Waals surface area contributed by atoms with E-state index in [1.54, 1.807) is 5.48 Å². The third-order valence-corrected chi connectivity index (χ3v) is 6.06. The first-order valence-corrected chi connectivity index (χ1v) is 12.3. The summed E-state index contributed by atoms with van der Waals surface area (Å²) in [6, 6.07) is 8.18. The van der Waals surface area contributed by atoms with E-state index >= 15 is 0 Å². The molecule has 0 aliphatic carbocycles. The molecule has 0 atom stereocenters. The number of carbonyl (C=O) groups excluding carboxylic acids is 1. The number of hydrogen-bond donors (Lipinski definition) is 2. The van der Waals surface area contributed by atoms with Gasteiger partial charge < -0.3 is 18.9 Å². The Morgan fingerprint density at radius 3 is 2.74 bits per heavy atom. The molecule has 0 saturated carbocycles. The molecule has 0 spiro atoms. The van der Waals surface area contributed by atoms with Crippen molar-refractivity contribution in [3.63, 3.8) is 0 Å². The average molecular weight is 483 g/mol. The summed E-state index contributed by atoms with van der Waals surface area (Å²) in [6.45, 7) is 7.68. The number of carbonyl (C=O) groups is 1. The van der Waals surface area contributed by atoms with Gasteiger partial charge in [-0.05, 0) is 38.8 Å². The predicted molar refractivity (Wildman–Crippen MR) is 133 cm³/mol. The summed E-state index contributed by atoms with van der Waals surface area (Å²) in [5, 5.41) is 8.53. The number of rotatable bonds is 11. The summed E-state index contributed by atoms with van der Waals surface area (Å²) >= 11 is 0. The van der Waals surface area contributed by atoms with Gasteiger partial charge in [-0.2, -0.15) is 4.98 Å². The van der Waals surface area contributed by atoms with Gasteiger partial charge in [-0.25, -0.2) is 15.4 Å². The molecule has 1 fully saturated rings. The van der Waals surface area contributed by atoms with E-state index in [2.05, 4.69) is 28.3 Å². The van der Waals surface area contributed by atoms with E-state index < -0.39 is 0 Å². The number of benzene rings is 1. The number of hydrogen-bond acceptors (Lipinski definition) is 8. The molecule has 1 saturated heterocycles. The maximum absolute atomic E-state index is 11.1. The second-order valence-corrected chi connectivity index (χ2v) is 8.96. The van der Waals surface area contributed by atoms with Crippen LogP contribution >= 0.6 is 0 Å². The Bertz CT molecular complexity index is 1130. The average Bonchev–Trinajstić information content (AvgIpc) is 3.32. The van der Waals surface area contributed by atoms with Crippen molar-refractivity contribution in [2.75, 3.05) is 37.8 Å². The van der Waals surface area contributed by atoms with Gasteiger partial charge >= 0.3 is 0 Å². The molecule has 1 aliphatic heterocycles. The van der Waals surface area contributed by atoms with E-state index in [1.165, 1.54) is 0 Å². The van der Waals surface area contributed by atoms with E-state index in [9.17, 15) is 4.79 Å². The molecule has 0 unspecified atom stereocenters. The highest BCUT2D eigenvalue weighted by Crippen LogP contribution is 2.31. The van der Waals surface area contributed by atoms with E-state index in [0.717, 1.165) is 66.9 Å².